The number of para-hydroxylation sites is 1. The maximum absolute atomic E-state index is 11.9. The van der Waals surface area contributed by atoms with Gasteiger partial charge in [-0.1, -0.05) is 23.5 Å². The normalized spacial score (nSPS) is 18.2. The Morgan fingerprint density at radius 3 is 2.95 bits per heavy atom. The van der Waals surface area contributed by atoms with Crippen molar-refractivity contribution in [3.8, 4) is 0 Å². The van der Waals surface area contributed by atoms with Crippen molar-refractivity contribution in [1.82, 2.24) is 4.98 Å². The van der Waals surface area contributed by atoms with Crippen LogP contribution in [0.5, 0.6) is 0 Å². The minimum Gasteiger partial charge on any atom is -0.493 e. The molecule has 1 saturated heterocycles. The Bertz CT molecular complexity index is 703. The Hall–Kier alpha value is -2.28. The average molecular weight is 318 g/mol. The summed E-state index contributed by atoms with van der Waals surface area (Å²) in [5, 5.41) is 0.963. The van der Waals surface area contributed by atoms with Gasteiger partial charge in [0.25, 0.3) is 0 Å². The molecule has 0 unspecified atom stereocenters. The highest BCUT2D eigenvalue weighted by Gasteiger charge is 2.33. The summed E-state index contributed by atoms with van der Waals surface area (Å²) in [5.74, 6) is -0.321. The van der Waals surface area contributed by atoms with Crippen molar-refractivity contribution in [3.05, 3.63) is 36.3 Å². The lowest BCUT2D eigenvalue weighted by atomic mass is 10.2. The summed E-state index contributed by atoms with van der Waals surface area (Å²) in [5.41, 5.74) is 1.00. The van der Waals surface area contributed by atoms with Crippen LogP contribution in [0.2, 0.25) is 0 Å². The van der Waals surface area contributed by atoms with Gasteiger partial charge in [-0.2, -0.15) is 0 Å². The molecule has 1 aromatic carbocycles. The van der Waals surface area contributed by atoms with Crippen molar-refractivity contribution < 1.29 is 19.0 Å². The maximum atomic E-state index is 11.9. The topological polar surface area (TPSA) is 60.9 Å². The van der Waals surface area contributed by atoms with Crippen LogP contribution >= 0.6 is 11.3 Å². The number of anilines is 1. The van der Waals surface area contributed by atoms with Crippen LogP contribution in [0.15, 0.2) is 36.3 Å². The molecule has 0 N–H and O–H groups in total. The first-order chi connectivity index (χ1) is 10.8. The first kappa shape index (κ1) is 13.4. The predicted molar refractivity (Wildman–Crippen MR) is 81.7 cm³/mol. The minimum atomic E-state index is -0.464. The second-order valence-electron chi connectivity index (χ2n) is 5.10. The summed E-state index contributed by atoms with van der Waals surface area (Å²) < 4.78 is 16.8. The zero-order valence-electron chi connectivity index (χ0n) is 11.7. The number of fused-ring (bicyclic) bond motifs is 1. The molecule has 0 saturated carbocycles. The molecule has 1 aromatic heterocycles. The third-order valence-corrected chi connectivity index (χ3v) is 4.62. The largest absolute Gasteiger partial charge is 0.493 e. The van der Waals surface area contributed by atoms with E-state index in [1.54, 1.807) is 11.3 Å². The van der Waals surface area contributed by atoms with E-state index in [4.69, 9.17) is 14.2 Å². The molecule has 0 atom stereocenters. The van der Waals surface area contributed by atoms with Crippen molar-refractivity contribution in [3.63, 3.8) is 0 Å². The van der Waals surface area contributed by atoms with Crippen molar-refractivity contribution in [2.24, 2.45) is 0 Å². The average Bonchev–Trinajstić information content (AvgIpc) is 2.94. The number of nitrogens with zero attached hydrogens (tertiary/aromatic N) is 2. The van der Waals surface area contributed by atoms with Gasteiger partial charge in [-0.05, 0) is 12.1 Å². The van der Waals surface area contributed by atoms with Crippen LogP contribution in [0.4, 0.5) is 5.13 Å². The molecule has 0 aliphatic carbocycles. The van der Waals surface area contributed by atoms with E-state index in [-0.39, 0.29) is 11.9 Å². The number of rotatable bonds is 3. The Labute approximate surface area is 130 Å². The monoisotopic (exact) mass is 318 g/mol. The zero-order chi connectivity index (χ0) is 14.9. The van der Waals surface area contributed by atoms with E-state index in [1.165, 1.54) is 6.26 Å². The molecular formula is C15H14N2O4S. The molecule has 22 heavy (non-hydrogen) atoms. The zero-order valence-corrected chi connectivity index (χ0v) is 12.5. The third kappa shape index (κ3) is 2.48. The van der Waals surface area contributed by atoms with Crippen molar-refractivity contribution >= 4 is 32.7 Å². The molecule has 2 aliphatic heterocycles. The molecular weight excluding hydrogens is 304 g/mol. The van der Waals surface area contributed by atoms with E-state index >= 15 is 0 Å². The van der Waals surface area contributed by atoms with Crippen LogP contribution in [-0.4, -0.2) is 43.4 Å². The number of carbonyl (C=O) groups is 1. The number of hydrogen-bond acceptors (Lipinski definition) is 7. The van der Waals surface area contributed by atoms with Gasteiger partial charge in [-0.15, -0.1) is 0 Å². The summed E-state index contributed by atoms with van der Waals surface area (Å²) in [4.78, 5) is 18.6. The second kappa shape index (κ2) is 5.49. The van der Waals surface area contributed by atoms with Crippen LogP contribution in [-0.2, 0) is 19.0 Å². The SMILES string of the molecule is O=C(OC1CN(c2nc3ccccc3s2)C1)C1=COCCO1. The fourth-order valence-corrected chi connectivity index (χ4v) is 3.33. The smallest absolute Gasteiger partial charge is 0.377 e. The Balaban J connectivity index is 1.35. The number of hydrogen-bond donors (Lipinski definition) is 0. The number of thiazole rings is 1. The Kier molecular flexibility index (Phi) is 3.34. The van der Waals surface area contributed by atoms with Crippen LogP contribution in [0.3, 0.4) is 0 Å². The van der Waals surface area contributed by atoms with Crippen LogP contribution in [0.1, 0.15) is 0 Å². The van der Waals surface area contributed by atoms with Gasteiger partial charge in [0.15, 0.2) is 5.13 Å². The number of aromatic nitrogens is 1. The predicted octanol–water partition coefficient (Wildman–Crippen LogP) is 1.92. The Morgan fingerprint density at radius 1 is 1.32 bits per heavy atom. The summed E-state index contributed by atoms with van der Waals surface area (Å²) in [6.07, 6.45) is 1.18. The lowest BCUT2D eigenvalue weighted by Crippen LogP contribution is -2.53. The van der Waals surface area contributed by atoms with E-state index < -0.39 is 5.97 Å². The third-order valence-electron chi connectivity index (χ3n) is 3.53. The summed E-state index contributed by atoms with van der Waals surface area (Å²) in [6.45, 7) is 2.15. The van der Waals surface area contributed by atoms with E-state index in [9.17, 15) is 4.79 Å². The molecule has 2 aromatic rings. The molecule has 114 valence electrons. The molecule has 7 heteroatoms. The molecule has 0 amide bonds. The van der Waals surface area contributed by atoms with Gasteiger partial charge in [0.2, 0.25) is 5.76 Å². The fraction of sp³-hybridized carbons (Fsp3) is 0.333. The van der Waals surface area contributed by atoms with Gasteiger partial charge < -0.3 is 19.1 Å². The van der Waals surface area contributed by atoms with E-state index in [0.29, 0.717) is 26.3 Å². The molecule has 0 bridgehead atoms. The van der Waals surface area contributed by atoms with Gasteiger partial charge in [0, 0.05) is 0 Å². The highest BCUT2D eigenvalue weighted by Crippen LogP contribution is 2.31. The molecule has 2 aliphatic rings. The highest BCUT2D eigenvalue weighted by molar-refractivity contribution is 7.22. The second-order valence-corrected chi connectivity index (χ2v) is 6.11. The minimum absolute atomic E-state index is 0.133. The van der Waals surface area contributed by atoms with Gasteiger partial charge in [-0.3, -0.25) is 0 Å². The van der Waals surface area contributed by atoms with Gasteiger partial charge in [0.1, 0.15) is 25.6 Å². The Morgan fingerprint density at radius 2 is 2.18 bits per heavy atom. The fourth-order valence-electron chi connectivity index (χ4n) is 2.35. The molecule has 4 rings (SSSR count). The van der Waals surface area contributed by atoms with Gasteiger partial charge in [-0.25, -0.2) is 9.78 Å². The first-order valence-electron chi connectivity index (χ1n) is 7.06. The number of carbonyl (C=O) groups excluding carboxylic acids is 1. The standard InChI is InChI=1S/C15H14N2O4S/c18-14(12-9-19-5-6-20-12)21-10-7-17(8-10)15-16-11-3-1-2-4-13(11)22-15/h1-4,9-10H,5-8H2. The number of benzene rings is 1. The number of ether oxygens (including phenoxy) is 3. The summed E-state index contributed by atoms with van der Waals surface area (Å²) in [6, 6.07) is 8.04. The summed E-state index contributed by atoms with van der Waals surface area (Å²) >= 11 is 1.65. The lowest BCUT2D eigenvalue weighted by molar-refractivity contribution is -0.151. The highest BCUT2D eigenvalue weighted by atomic mass is 32.1. The van der Waals surface area contributed by atoms with Gasteiger partial charge >= 0.3 is 5.97 Å². The lowest BCUT2D eigenvalue weighted by Gasteiger charge is -2.38. The van der Waals surface area contributed by atoms with Gasteiger partial charge in [0.05, 0.1) is 23.3 Å². The van der Waals surface area contributed by atoms with Crippen LogP contribution < -0.4 is 4.90 Å². The molecule has 0 radical (unpaired) electrons. The summed E-state index contributed by atoms with van der Waals surface area (Å²) in [7, 11) is 0. The number of esters is 1. The molecule has 3 heterocycles. The van der Waals surface area contributed by atoms with Crippen LogP contribution in [0, 0.1) is 0 Å². The quantitative estimate of drug-likeness (QED) is 0.806. The van der Waals surface area contributed by atoms with Crippen LogP contribution in [0.25, 0.3) is 10.2 Å². The molecule has 0 spiro atoms. The first-order valence-corrected chi connectivity index (χ1v) is 7.87. The van der Waals surface area contributed by atoms with E-state index in [1.807, 2.05) is 18.2 Å². The van der Waals surface area contributed by atoms with E-state index in [0.717, 1.165) is 15.3 Å². The molecule has 1 fully saturated rings. The van der Waals surface area contributed by atoms with Crippen molar-refractivity contribution in [1.29, 1.82) is 0 Å². The van der Waals surface area contributed by atoms with Crippen molar-refractivity contribution in [2.45, 2.75) is 6.10 Å². The maximum Gasteiger partial charge on any atom is 0.377 e. The van der Waals surface area contributed by atoms with Crippen molar-refractivity contribution in [2.75, 3.05) is 31.2 Å². The molecule has 6 nitrogen and oxygen atoms in total. The van der Waals surface area contributed by atoms with E-state index in [2.05, 4.69) is 16.0 Å².